The van der Waals surface area contributed by atoms with Crippen molar-refractivity contribution >= 4 is 39.8 Å². The van der Waals surface area contributed by atoms with E-state index in [-0.39, 0.29) is 16.7 Å². The largest absolute Gasteiger partial charge is 0.502 e. The predicted octanol–water partition coefficient (Wildman–Crippen LogP) is 3.57. The van der Waals surface area contributed by atoms with Crippen molar-refractivity contribution in [3.8, 4) is 11.5 Å². The molecule has 4 aromatic rings. The Morgan fingerprint density at radius 3 is 2.72 bits per heavy atom. The van der Waals surface area contributed by atoms with Crippen molar-refractivity contribution in [2.75, 3.05) is 13.7 Å². The number of rotatable bonds is 6. The molecule has 1 aliphatic heterocycles. The first-order valence-corrected chi connectivity index (χ1v) is 12.8. The van der Waals surface area contributed by atoms with Gasteiger partial charge in [0.1, 0.15) is 11.8 Å². The second kappa shape index (κ2) is 10.2. The molecule has 0 saturated carbocycles. The van der Waals surface area contributed by atoms with Crippen LogP contribution in [0.25, 0.3) is 16.8 Å². The standard InChI is InChI=1S/C28H23N3O7S/c1-4-38-27(34)23-15(2)29-28-30(25(23)24-18-8-6-5-7-17(18)10-12-21(24)37-3)26(33)22(39-28)14-16-9-11-20(32)19(13-16)31(35)36/h5-14,25,32H,4H2,1-3H3/b22-14-/t25-/m1/s1. The predicted molar refractivity (Wildman–Crippen MR) is 146 cm³/mol. The second-order valence-corrected chi connectivity index (χ2v) is 9.72. The van der Waals surface area contributed by atoms with Crippen molar-refractivity contribution < 1.29 is 24.3 Å². The minimum absolute atomic E-state index is 0.138. The number of thiazole rings is 1. The number of nitrogens with zero attached hydrogens (tertiary/aromatic N) is 3. The molecule has 0 bridgehead atoms. The maximum Gasteiger partial charge on any atom is 0.338 e. The molecule has 5 rings (SSSR count). The van der Waals surface area contributed by atoms with Gasteiger partial charge in [-0.05, 0) is 48.4 Å². The summed E-state index contributed by atoms with van der Waals surface area (Å²) >= 11 is 1.09. The van der Waals surface area contributed by atoms with E-state index in [1.54, 1.807) is 19.9 Å². The first kappa shape index (κ1) is 25.9. The van der Waals surface area contributed by atoms with Crippen molar-refractivity contribution in [3.63, 3.8) is 0 Å². The SMILES string of the molecule is CCOC(=O)C1=C(C)N=c2s/c(=C\c3ccc(O)c([N+](=O)[O-])c3)c(=O)n2[C@H]1c1c(OC)ccc2ccccc12. The van der Waals surface area contributed by atoms with Crippen molar-refractivity contribution in [1.82, 2.24) is 4.57 Å². The Morgan fingerprint density at radius 2 is 2.00 bits per heavy atom. The molecular formula is C28H23N3O7S. The fraction of sp³-hybridized carbons (Fsp3) is 0.179. The topological polar surface area (TPSA) is 133 Å². The van der Waals surface area contributed by atoms with Crippen LogP contribution in [0.3, 0.4) is 0 Å². The van der Waals surface area contributed by atoms with Gasteiger partial charge in [0.25, 0.3) is 5.56 Å². The number of ether oxygens (including phenoxy) is 2. The number of nitro groups is 1. The van der Waals surface area contributed by atoms with Gasteiger partial charge in [-0.1, -0.05) is 47.7 Å². The third kappa shape index (κ3) is 4.46. The van der Waals surface area contributed by atoms with Gasteiger partial charge in [-0.3, -0.25) is 19.5 Å². The van der Waals surface area contributed by atoms with E-state index < -0.39 is 33.9 Å². The number of aromatic nitrogens is 1. The molecule has 10 nitrogen and oxygen atoms in total. The number of esters is 1. The first-order chi connectivity index (χ1) is 18.7. The molecule has 0 amide bonds. The zero-order chi connectivity index (χ0) is 27.8. The zero-order valence-corrected chi connectivity index (χ0v) is 22.0. The highest BCUT2D eigenvalue weighted by Gasteiger charge is 2.36. The highest BCUT2D eigenvalue weighted by molar-refractivity contribution is 7.07. The fourth-order valence-corrected chi connectivity index (χ4v) is 5.77. The van der Waals surface area contributed by atoms with Crippen LogP contribution in [0.4, 0.5) is 5.69 Å². The third-order valence-electron chi connectivity index (χ3n) is 6.43. The Balaban J connectivity index is 1.83. The Hall–Kier alpha value is -4.77. The molecule has 0 fully saturated rings. The van der Waals surface area contributed by atoms with Gasteiger partial charge >= 0.3 is 11.7 Å². The van der Waals surface area contributed by atoms with E-state index in [1.165, 1.54) is 36.0 Å². The molecule has 198 valence electrons. The van der Waals surface area contributed by atoms with Gasteiger partial charge in [0, 0.05) is 11.6 Å². The van der Waals surface area contributed by atoms with E-state index in [4.69, 9.17) is 9.47 Å². The number of carbonyl (C=O) groups excluding carboxylic acids is 1. The van der Waals surface area contributed by atoms with Gasteiger partial charge in [0.2, 0.25) is 0 Å². The molecule has 3 aromatic carbocycles. The van der Waals surface area contributed by atoms with Crippen LogP contribution in [0.15, 0.2) is 75.7 Å². The van der Waals surface area contributed by atoms with Crippen LogP contribution in [0, 0.1) is 10.1 Å². The summed E-state index contributed by atoms with van der Waals surface area (Å²) < 4.78 is 12.8. The summed E-state index contributed by atoms with van der Waals surface area (Å²) in [5.74, 6) is -0.586. The number of carbonyl (C=O) groups is 1. The van der Waals surface area contributed by atoms with E-state index >= 15 is 0 Å². The summed E-state index contributed by atoms with van der Waals surface area (Å²) in [4.78, 5) is 42.8. The third-order valence-corrected chi connectivity index (χ3v) is 7.42. The molecule has 2 heterocycles. The molecule has 11 heteroatoms. The number of allylic oxidation sites excluding steroid dienone is 1. The highest BCUT2D eigenvalue weighted by Crippen LogP contribution is 2.40. The van der Waals surface area contributed by atoms with E-state index in [1.807, 2.05) is 30.3 Å². The summed E-state index contributed by atoms with van der Waals surface area (Å²) in [7, 11) is 1.52. The van der Waals surface area contributed by atoms with Gasteiger partial charge in [-0.25, -0.2) is 9.79 Å². The number of aromatic hydroxyl groups is 1. The van der Waals surface area contributed by atoms with Gasteiger partial charge in [0.15, 0.2) is 10.6 Å². The minimum Gasteiger partial charge on any atom is -0.502 e. The molecule has 0 saturated heterocycles. The number of nitro benzene ring substituents is 1. The van der Waals surface area contributed by atoms with Crippen LogP contribution in [0.1, 0.15) is 31.0 Å². The van der Waals surface area contributed by atoms with Crippen LogP contribution in [0.2, 0.25) is 0 Å². The quantitative estimate of drug-likeness (QED) is 0.222. The Bertz CT molecular complexity index is 1870. The van der Waals surface area contributed by atoms with E-state index in [2.05, 4.69) is 4.99 Å². The van der Waals surface area contributed by atoms with Crippen molar-refractivity contribution in [3.05, 3.63) is 107 Å². The van der Waals surface area contributed by atoms with Crippen molar-refractivity contribution in [2.24, 2.45) is 4.99 Å². The van der Waals surface area contributed by atoms with E-state index in [0.717, 1.165) is 22.1 Å². The van der Waals surface area contributed by atoms with Gasteiger partial charge in [-0.2, -0.15) is 0 Å². The number of phenols is 1. The molecular weight excluding hydrogens is 522 g/mol. The summed E-state index contributed by atoms with van der Waals surface area (Å²) in [5, 5.41) is 22.8. The van der Waals surface area contributed by atoms with E-state index in [0.29, 0.717) is 27.4 Å². The Labute approximate surface area is 225 Å². The lowest BCUT2D eigenvalue weighted by Crippen LogP contribution is -2.40. The zero-order valence-electron chi connectivity index (χ0n) is 21.2. The smallest absolute Gasteiger partial charge is 0.338 e. The summed E-state index contributed by atoms with van der Waals surface area (Å²) in [5.41, 5.74) is 0.664. The molecule has 1 aromatic heterocycles. The summed E-state index contributed by atoms with van der Waals surface area (Å²) in [6, 6.07) is 14.3. The molecule has 0 unspecified atom stereocenters. The Kier molecular flexibility index (Phi) is 6.75. The van der Waals surface area contributed by atoms with Crippen molar-refractivity contribution in [2.45, 2.75) is 19.9 Å². The minimum atomic E-state index is -0.905. The number of benzene rings is 3. The monoisotopic (exact) mass is 545 g/mol. The van der Waals surface area contributed by atoms with Crippen molar-refractivity contribution in [1.29, 1.82) is 0 Å². The van der Waals surface area contributed by atoms with Crippen LogP contribution in [-0.2, 0) is 9.53 Å². The number of fused-ring (bicyclic) bond motifs is 2. The van der Waals surface area contributed by atoms with Gasteiger partial charge in [-0.15, -0.1) is 0 Å². The molecule has 1 aliphatic rings. The maximum atomic E-state index is 13.9. The number of hydrogen-bond donors (Lipinski definition) is 1. The lowest BCUT2D eigenvalue weighted by Gasteiger charge is -2.27. The number of methoxy groups -OCH3 is 1. The molecule has 0 radical (unpaired) electrons. The van der Waals surface area contributed by atoms with E-state index in [9.17, 15) is 24.8 Å². The average Bonchev–Trinajstić information content (AvgIpc) is 3.22. The number of phenolic OH excluding ortho intramolecular Hbond substituents is 1. The average molecular weight is 546 g/mol. The maximum absolute atomic E-state index is 13.9. The molecule has 0 aliphatic carbocycles. The molecule has 1 atom stereocenters. The fourth-order valence-electron chi connectivity index (χ4n) is 4.73. The van der Waals surface area contributed by atoms with Gasteiger partial charge < -0.3 is 14.6 Å². The molecule has 39 heavy (non-hydrogen) atoms. The molecule has 1 N–H and O–H groups in total. The molecule has 0 spiro atoms. The van der Waals surface area contributed by atoms with Gasteiger partial charge in [0.05, 0.1) is 34.4 Å². The summed E-state index contributed by atoms with van der Waals surface area (Å²) in [6.07, 6.45) is 1.50. The lowest BCUT2D eigenvalue weighted by atomic mass is 9.90. The summed E-state index contributed by atoms with van der Waals surface area (Å²) in [6.45, 7) is 3.53. The van der Waals surface area contributed by atoms with Crippen LogP contribution >= 0.6 is 11.3 Å². The highest BCUT2D eigenvalue weighted by atomic mass is 32.1. The number of hydrogen-bond acceptors (Lipinski definition) is 9. The van der Waals surface area contributed by atoms with Crippen LogP contribution in [0.5, 0.6) is 11.5 Å². The first-order valence-electron chi connectivity index (χ1n) is 12.0. The van der Waals surface area contributed by atoms with Crippen LogP contribution in [-0.4, -0.2) is 34.3 Å². The second-order valence-electron chi connectivity index (χ2n) is 8.71. The van der Waals surface area contributed by atoms with Crippen LogP contribution < -0.4 is 19.6 Å². The Morgan fingerprint density at radius 1 is 1.23 bits per heavy atom. The normalized spacial score (nSPS) is 15.2. The lowest BCUT2D eigenvalue weighted by molar-refractivity contribution is -0.385.